The fourth-order valence-electron chi connectivity index (χ4n) is 1.26. The van der Waals surface area contributed by atoms with Crippen LogP contribution >= 0.6 is 0 Å². The molecule has 0 aromatic heterocycles. The topological polar surface area (TPSA) is 107 Å². The van der Waals surface area contributed by atoms with Crippen molar-refractivity contribution in [1.29, 1.82) is 0 Å². The van der Waals surface area contributed by atoms with E-state index in [-0.39, 0.29) is 12.3 Å². The van der Waals surface area contributed by atoms with E-state index in [1.165, 1.54) is 0 Å². The lowest BCUT2D eigenvalue weighted by Gasteiger charge is -2.10. The number of anilines is 2. The maximum absolute atomic E-state index is 10.7. The van der Waals surface area contributed by atoms with Gasteiger partial charge in [-0.15, -0.1) is 0 Å². The first-order chi connectivity index (χ1) is 7.92. The van der Waals surface area contributed by atoms with E-state index in [1.54, 1.807) is 18.2 Å². The molecule has 7 heteroatoms. The molecular weight excluding hydrogens is 242 g/mol. The lowest BCUT2D eigenvalue weighted by molar-refractivity contribution is 0.342. The van der Waals surface area contributed by atoms with E-state index in [0.29, 0.717) is 18.0 Å². The van der Waals surface area contributed by atoms with Crippen molar-refractivity contribution in [3.63, 3.8) is 0 Å². The van der Waals surface area contributed by atoms with E-state index in [0.717, 1.165) is 5.69 Å². The molecule has 0 aliphatic carbocycles. The zero-order valence-electron chi connectivity index (χ0n) is 9.64. The van der Waals surface area contributed by atoms with Crippen molar-refractivity contribution in [3.8, 4) is 5.75 Å². The third-order valence-corrected chi connectivity index (χ3v) is 2.80. The summed E-state index contributed by atoms with van der Waals surface area (Å²) < 4.78 is 26.8. The molecule has 0 heterocycles. The fourth-order valence-corrected chi connectivity index (χ4v) is 1.65. The van der Waals surface area contributed by atoms with Gasteiger partial charge in [0.05, 0.1) is 18.0 Å². The molecule has 0 amide bonds. The van der Waals surface area contributed by atoms with Crippen LogP contribution in [-0.4, -0.2) is 27.3 Å². The number of rotatable bonds is 6. The van der Waals surface area contributed by atoms with Gasteiger partial charge in [0, 0.05) is 18.3 Å². The lowest BCUT2D eigenvalue weighted by atomic mass is 10.2. The third-order valence-electron chi connectivity index (χ3n) is 2.03. The molecule has 0 aliphatic rings. The summed E-state index contributed by atoms with van der Waals surface area (Å²) >= 11 is 0. The van der Waals surface area contributed by atoms with Crippen molar-refractivity contribution < 1.29 is 13.2 Å². The Balaban J connectivity index is 2.63. The first-order valence-corrected chi connectivity index (χ1v) is 6.90. The van der Waals surface area contributed by atoms with Crippen molar-refractivity contribution in [2.24, 2.45) is 5.14 Å². The minimum atomic E-state index is -3.44. The van der Waals surface area contributed by atoms with Crippen LogP contribution < -0.4 is 20.9 Å². The van der Waals surface area contributed by atoms with Gasteiger partial charge in [-0.1, -0.05) is 0 Å². The fraction of sp³-hybridized carbons (Fsp3) is 0.400. The average molecular weight is 259 g/mol. The van der Waals surface area contributed by atoms with Crippen LogP contribution in [0.1, 0.15) is 6.92 Å². The highest BCUT2D eigenvalue weighted by molar-refractivity contribution is 7.89. The number of ether oxygens (including phenoxy) is 1. The summed E-state index contributed by atoms with van der Waals surface area (Å²) in [7, 11) is -3.44. The number of hydrogen-bond acceptors (Lipinski definition) is 5. The number of sulfonamides is 1. The van der Waals surface area contributed by atoms with Gasteiger partial charge in [-0.25, -0.2) is 13.6 Å². The summed E-state index contributed by atoms with van der Waals surface area (Å²) in [6, 6.07) is 5.17. The van der Waals surface area contributed by atoms with Gasteiger partial charge in [0.2, 0.25) is 10.0 Å². The first kappa shape index (κ1) is 13.6. The van der Waals surface area contributed by atoms with Gasteiger partial charge in [0.1, 0.15) is 5.75 Å². The van der Waals surface area contributed by atoms with Gasteiger partial charge in [-0.2, -0.15) is 0 Å². The van der Waals surface area contributed by atoms with Gasteiger partial charge in [0.25, 0.3) is 0 Å². The maximum atomic E-state index is 10.7. The number of hydrogen-bond donors (Lipinski definition) is 3. The first-order valence-electron chi connectivity index (χ1n) is 5.19. The van der Waals surface area contributed by atoms with E-state index in [1.807, 2.05) is 6.92 Å². The van der Waals surface area contributed by atoms with E-state index in [4.69, 9.17) is 15.6 Å². The van der Waals surface area contributed by atoms with Crippen LogP contribution in [0.5, 0.6) is 5.75 Å². The maximum Gasteiger partial charge on any atom is 0.210 e. The van der Waals surface area contributed by atoms with Gasteiger partial charge in [0.15, 0.2) is 0 Å². The Labute approximate surface area is 101 Å². The van der Waals surface area contributed by atoms with Crippen LogP contribution in [0.3, 0.4) is 0 Å². The van der Waals surface area contributed by atoms with Gasteiger partial charge < -0.3 is 15.8 Å². The molecule has 0 radical (unpaired) electrons. The van der Waals surface area contributed by atoms with Gasteiger partial charge in [-0.05, 0) is 19.1 Å². The number of primary sulfonamides is 1. The number of benzene rings is 1. The highest BCUT2D eigenvalue weighted by atomic mass is 32.2. The molecule has 0 fully saturated rings. The molecule has 0 aliphatic heterocycles. The van der Waals surface area contributed by atoms with Crippen LogP contribution in [0.15, 0.2) is 18.2 Å². The Hall–Kier alpha value is -1.47. The predicted octanol–water partition coefficient (Wildman–Crippen LogP) is 0.368. The third kappa shape index (κ3) is 4.92. The molecule has 1 aromatic rings. The SMILES string of the molecule is CCOc1cc(NCCS(N)(=O)=O)ccc1N. The highest BCUT2D eigenvalue weighted by Gasteiger charge is 2.04. The number of nitrogen functional groups attached to an aromatic ring is 1. The Bertz CT molecular complexity index is 474. The predicted molar refractivity (Wildman–Crippen MR) is 68.5 cm³/mol. The standard InChI is InChI=1S/C10H17N3O3S/c1-2-16-10-7-8(3-4-9(10)11)13-5-6-17(12,14)15/h3-4,7,13H,2,5-6,11H2,1H3,(H2,12,14,15). The Morgan fingerprint density at radius 2 is 2.12 bits per heavy atom. The zero-order valence-corrected chi connectivity index (χ0v) is 10.5. The molecule has 0 bridgehead atoms. The molecule has 0 saturated carbocycles. The lowest BCUT2D eigenvalue weighted by Crippen LogP contribution is -2.22. The summed E-state index contributed by atoms with van der Waals surface area (Å²) in [6.45, 7) is 2.62. The smallest absolute Gasteiger partial charge is 0.210 e. The molecule has 6 nitrogen and oxygen atoms in total. The second kappa shape index (κ2) is 5.74. The quantitative estimate of drug-likeness (QED) is 0.640. The summed E-state index contributed by atoms with van der Waals surface area (Å²) in [5.41, 5.74) is 6.99. The van der Waals surface area contributed by atoms with E-state index in [2.05, 4.69) is 5.32 Å². The number of nitrogens with two attached hydrogens (primary N) is 2. The Morgan fingerprint density at radius 1 is 1.41 bits per heavy atom. The zero-order chi connectivity index (χ0) is 12.9. The normalized spacial score (nSPS) is 11.2. The molecular formula is C10H17N3O3S. The number of nitrogens with one attached hydrogen (secondary N) is 1. The van der Waals surface area contributed by atoms with E-state index in [9.17, 15) is 8.42 Å². The van der Waals surface area contributed by atoms with Crippen molar-refractivity contribution in [3.05, 3.63) is 18.2 Å². The molecule has 1 rings (SSSR count). The van der Waals surface area contributed by atoms with Crippen LogP contribution in [0.2, 0.25) is 0 Å². The van der Waals surface area contributed by atoms with E-state index >= 15 is 0 Å². The van der Waals surface area contributed by atoms with Crippen LogP contribution in [0.25, 0.3) is 0 Å². The second-order valence-corrected chi connectivity index (χ2v) is 5.21. The molecule has 1 aromatic carbocycles. The molecule has 5 N–H and O–H groups in total. The monoisotopic (exact) mass is 259 g/mol. The van der Waals surface area contributed by atoms with Crippen molar-refractivity contribution in [1.82, 2.24) is 0 Å². The van der Waals surface area contributed by atoms with Crippen LogP contribution in [-0.2, 0) is 10.0 Å². The summed E-state index contributed by atoms with van der Waals surface area (Å²) in [5.74, 6) is 0.453. The average Bonchev–Trinajstić information content (AvgIpc) is 2.21. The Morgan fingerprint density at radius 3 is 2.71 bits per heavy atom. The van der Waals surface area contributed by atoms with Crippen molar-refractivity contribution in [2.45, 2.75) is 6.92 Å². The second-order valence-electron chi connectivity index (χ2n) is 3.48. The molecule has 0 atom stereocenters. The van der Waals surface area contributed by atoms with Crippen molar-refractivity contribution in [2.75, 3.05) is 30.0 Å². The molecule has 0 spiro atoms. The van der Waals surface area contributed by atoms with Crippen LogP contribution in [0.4, 0.5) is 11.4 Å². The highest BCUT2D eigenvalue weighted by Crippen LogP contribution is 2.25. The van der Waals surface area contributed by atoms with Crippen molar-refractivity contribution >= 4 is 21.4 Å². The van der Waals surface area contributed by atoms with Gasteiger partial charge in [-0.3, -0.25) is 0 Å². The molecule has 17 heavy (non-hydrogen) atoms. The minimum Gasteiger partial charge on any atom is -0.492 e. The largest absolute Gasteiger partial charge is 0.492 e. The summed E-state index contributed by atoms with van der Waals surface area (Å²) in [5, 5.41) is 7.82. The summed E-state index contributed by atoms with van der Waals surface area (Å²) in [4.78, 5) is 0. The minimum absolute atomic E-state index is 0.124. The molecule has 0 saturated heterocycles. The van der Waals surface area contributed by atoms with E-state index < -0.39 is 10.0 Å². The summed E-state index contributed by atoms with van der Waals surface area (Å²) in [6.07, 6.45) is 0. The Kier molecular flexibility index (Phi) is 4.59. The van der Waals surface area contributed by atoms with Crippen LogP contribution in [0, 0.1) is 0 Å². The molecule has 96 valence electrons. The van der Waals surface area contributed by atoms with Gasteiger partial charge >= 0.3 is 0 Å². The molecule has 0 unspecified atom stereocenters.